The molecule has 3 rings (SSSR count). The standard InChI is InChI=1S/C16H21N3O2S/c1-11-3-6-19(7-4-11)9-13-10-22-16(17-13)18-15(20)14-5-8-21-12(14)2/h5,8,10-11H,3-4,6-7,9H2,1-2H3,(H,17,18,20). The Kier molecular flexibility index (Phi) is 4.59. The molecule has 0 aromatic carbocycles. The van der Waals surface area contributed by atoms with Gasteiger partial charge in [-0.05, 0) is 44.8 Å². The van der Waals surface area contributed by atoms with Gasteiger partial charge >= 0.3 is 0 Å². The van der Waals surface area contributed by atoms with Crippen molar-refractivity contribution >= 4 is 22.4 Å². The minimum absolute atomic E-state index is 0.168. The first kappa shape index (κ1) is 15.2. The molecule has 1 aliphatic rings. The van der Waals surface area contributed by atoms with Gasteiger partial charge in [-0.2, -0.15) is 0 Å². The van der Waals surface area contributed by atoms with Crippen molar-refractivity contribution in [1.29, 1.82) is 0 Å². The van der Waals surface area contributed by atoms with Crippen molar-refractivity contribution in [2.24, 2.45) is 5.92 Å². The van der Waals surface area contributed by atoms with E-state index in [1.54, 1.807) is 13.0 Å². The van der Waals surface area contributed by atoms with Gasteiger partial charge in [-0.1, -0.05) is 6.92 Å². The number of nitrogens with zero attached hydrogens (tertiary/aromatic N) is 2. The lowest BCUT2D eigenvalue weighted by atomic mass is 9.99. The van der Waals surface area contributed by atoms with Gasteiger partial charge < -0.3 is 4.42 Å². The van der Waals surface area contributed by atoms with Crippen LogP contribution >= 0.6 is 11.3 Å². The molecule has 5 nitrogen and oxygen atoms in total. The first-order chi connectivity index (χ1) is 10.6. The van der Waals surface area contributed by atoms with Crippen LogP contribution in [0.5, 0.6) is 0 Å². The number of nitrogens with one attached hydrogen (secondary N) is 1. The quantitative estimate of drug-likeness (QED) is 0.936. The van der Waals surface area contributed by atoms with E-state index in [9.17, 15) is 4.79 Å². The van der Waals surface area contributed by atoms with Gasteiger partial charge in [0.15, 0.2) is 5.13 Å². The van der Waals surface area contributed by atoms with E-state index in [4.69, 9.17) is 4.42 Å². The molecule has 0 bridgehead atoms. The number of likely N-dealkylation sites (tertiary alicyclic amines) is 1. The number of hydrogen-bond donors (Lipinski definition) is 1. The van der Waals surface area contributed by atoms with Crippen molar-refractivity contribution in [1.82, 2.24) is 9.88 Å². The van der Waals surface area contributed by atoms with Crippen LogP contribution in [0.2, 0.25) is 0 Å². The third-order valence-corrected chi connectivity index (χ3v) is 4.94. The SMILES string of the molecule is Cc1occc1C(=O)Nc1nc(CN2CCC(C)CC2)cs1. The predicted molar refractivity (Wildman–Crippen MR) is 87.2 cm³/mol. The highest BCUT2D eigenvalue weighted by Crippen LogP contribution is 2.21. The summed E-state index contributed by atoms with van der Waals surface area (Å²) >= 11 is 1.47. The van der Waals surface area contributed by atoms with E-state index in [0.29, 0.717) is 16.5 Å². The van der Waals surface area contributed by atoms with E-state index < -0.39 is 0 Å². The first-order valence-corrected chi connectivity index (χ1v) is 8.52. The molecular formula is C16H21N3O2S. The Balaban J connectivity index is 1.57. The van der Waals surface area contributed by atoms with E-state index >= 15 is 0 Å². The van der Waals surface area contributed by atoms with Crippen LogP contribution < -0.4 is 5.32 Å². The minimum Gasteiger partial charge on any atom is -0.469 e. The molecule has 2 aromatic heterocycles. The van der Waals surface area contributed by atoms with Gasteiger partial charge in [0.1, 0.15) is 5.76 Å². The molecular weight excluding hydrogens is 298 g/mol. The highest BCUT2D eigenvalue weighted by atomic mass is 32.1. The average Bonchev–Trinajstić information content (AvgIpc) is 3.10. The summed E-state index contributed by atoms with van der Waals surface area (Å²) in [4.78, 5) is 19.1. The van der Waals surface area contributed by atoms with Crippen LogP contribution in [0.4, 0.5) is 5.13 Å². The lowest BCUT2D eigenvalue weighted by Gasteiger charge is -2.29. The Bertz CT molecular complexity index is 641. The molecule has 1 aliphatic heterocycles. The molecule has 6 heteroatoms. The molecule has 1 fully saturated rings. The number of rotatable bonds is 4. The van der Waals surface area contributed by atoms with Crippen LogP contribution in [0.25, 0.3) is 0 Å². The molecule has 22 heavy (non-hydrogen) atoms. The fourth-order valence-electron chi connectivity index (χ4n) is 2.67. The second kappa shape index (κ2) is 6.62. The predicted octanol–water partition coefficient (Wildman–Crippen LogP) is 3.53. The van der Waals surface area contributed by atoms with Gasteiger partial charge in [0.2, 0.25) is 0 Å². The lowest BCUT2D eigenvalue weighted by molar-refractivity contribution is 0.102. The molecule has 1 N–H and O–H groups in total. The second-order valence-corrected chi connectivity index (χ2v) is 6.81. The molecule has 0 aliphatic carbocycles. The van der Waals surface area contributed by atoms with Gasteiger partial charge in [0, 0.05) is 11.9 Å². The van der Waals surface area contributed by atoms with Crippen molar-refractivity contribution in [2.75, 3.05) is 18.4 Å². The number of anilines is 1. The van der Waals surface area contributed by atoms with Crippen molar-refractivity contribution in [3.63, 3.8) is 0 Å². The van der Waals surface area contributed by atoms with Gasteiger partial charge in [0.05, 0.1) is 17.5 Å². The lowest BCUT2D eigenvalue weighted by Crippen LogP contribution is -2.32. The normalized spacial score (nSPS) is 16.8. The largest absolute Gasteiger partial charge is 0.469 e. The number of aromatic nitrogens is 1. The van der Waals surface area contributed by atoms with Crippen molar-refractivity contribution < 1.29 is 9.21 Å². The third-order valence-electron chi connectivity index (χ3n) is 4.14. The third kappa shape index (κ3) is 3.56. The first-order valence-electron chi connectivity index (χ1n) is 7.64. The van der Waals surface area contributed by atoms with Crippen LogP contribution in [0.15, 0.2) is 22.1 Å². The van der Waals surface area contributed by atoms with Gasteiger partial charge in [0.25, 0.3) is 5.91 Å². The van der Waals surface area contributed by atoms with Crippen molar-refractivity contribution in [3.05, 3.63) is 34.7 Å². The number of aryl methyl sites for hydroxylation is 1. The zero-order valence-electron chi connectivity index (χ0n) is 13.0. The summed E-state index contributed by atoms with van der Waals surface area (Å²) in [5, 5.41) is 5.51. The van der Waals surface area contributed by atoms with Gasteiger partial charge in [-0.25, -0.2) is 4.98 Å². The molecule has 0 radical (unpaired) electrons. The number of piperidine rings is 1. The Hall–Kier alpha value is -1.66. The topological polar surface area (TPSA) is 58.4 Å². The summed E-state index contributed by atoms with van der Waals surface area (Å²) in [5.74, 6) is 1.29. The van der Waals surface area contributed by atoms with Crippen LogP contribution in [-0.4, -0.2) is 28.9 Å². The van der Waals surface area contributed by atoms with E-state index in [2.05, 4.69) is 22.1 Å². The summed E-state index contributed by atoms with van der Waals surface area (Å²) in [7, 11) is 0. The molecule has 0 atom stereocenters. The Labute approximate surface area is 134 Å². The molecule has 0 unspecified atom stereocenters. The number of carbonyl (C=O) groups is 1. The fourth-order valence-corrected chi connectivity index (χ4v) is 3.37. The highest BCUT2D eigenvalue weighted by molar-refractivity contribution is 7.13. The van der Waals surface area contributed by atoms with Crippen molar-refractivity contribution in [2.45, 2.75) is 33.2 Å². The summed E-state index contributed by atoms with van der Waals surface area (Å²) < 4.78 is 5.15. The maximum absolute atomic E-state index is 12.1. The van der Waals surface area contributed by atoms with Gasteiger partial charge in [-0.15, -0.1) is 11.3 Å². The molecule has 118 valence electrons. The second-order valence-electron chi connectivity index (χ2n) is 5.95. The summed E-state index contributed by atoms with van der Waals surface area (Å²) in [6.45, 7) is 7.22. The molecule has 0 spiro atoms. The summed E-state index contributed by atoms with van der Waals surface area (Å²) in [6.07, 6.45) is 4.04. The summed E-state index contributed by atoms with van der Waals surface area (Å²) in [6, 6.07) is 1.67. The molecule has 3 heterocycles. The van der Waals surface area contributed by atoms with E-state index in [0.717, 1.165) is 31.2 Å². The highest BCUT2D eigenvalue weighted by Gasteiger charge is 2.17. The smallest absolute Gasteiger partial charge is 0.260 e. The minimum atomic E-state index is -0.168. The van der Waals surface area contributed by atoms with Crippen molar-refractivity contribution in [3.8, 4) is 0 Å². The molecule has 1 saturated heterocycles. The maximum atomic E-state index is 12.1. The van der Waals surface area contributed by atoms with E-state index in [1.165, 1.54) is 30.4 Å². The van der Waals surface area contributed by atoms with E-state index in [-0.39, 0.29) is 5.91 Å². The molecule has 2 aromatic rings. The maximum Gasteiger partial charge on any atom is 0.260 e. The Morgan fingerprint density at radius 2 is 2.27 bits per heavy atom. The molecule has 1 amide bonds. The van der Waals surface area contributed by atoms with Crippen LogP contribution in [0.1, 0.15) is 41.6 Å². The van der Waals surface area contributed by atoms with Crippen LogP contribution in [0, 0.1) is 12.8 Å². The Morgan fingerprint density at radius 3 is 2.95 bits per heavy atom. The number of thiazole rings is 1. The Morgan fingerprint density at radius 1 is 1.50 bits per heavy atom. The number of amides is 1. The van der Waals surface area contributed by atoms with Crippen LogP contribution in [0.3, 0.4) is 0 Å². The zero-order valence-corrected chi connectivity index (χ0v) is 13.8. The number of furan rings is 1. The molecule has 0 saturated carbocycles. The fraction of sp³-hybridized carbons (Fsp3) is 0.500. The summed E-state index contributed by atoms with van der Waals surface area (Å²) in [5.41, 5.74) is 1.58. The van der Waals surface area contributed by atoms with Crippen LogP contribution in [-0.2, 0) is 6.54 Å². The van der Waals surface area contributed by atoms with Gasteiger partial charge in [-0.3, -0.25) is 15.0 Å². The van der Waals surface area contributed by atoms with E-state index in [1.807, 2.05) is 5.38 Å². The number of hydrogen-bond acceptors (Lipinski definition) is 5. The zero-order chi connectivity index (χ0) is 15.5. The number of carbonyl (C=O) groups excluding carboxylic acids is 1. The monoisotopic (exact) mass is 319 g/mol. The average molecular weight is 319 g/mol.